The first-order valence-electron chi connectivity index (χ1n) is 5.78. The van der Waals surface area contributed by atoms with E-state index in [0.717, 1.165) is 6.42 Å². The number of carbonyl (C=O) groups is 1. The summed E-state index contributed by atoms with van der Waals surface area (Å²) >= 11 is 9.19. The molecule has 102 valence electrons. The Morgan fingerprint density at radius 1 is 1.58 bits per heavy atom. The van der Waals surface area contributed by atoms with Gasteiger partial charge in [-0.05, 0) is 47.0 Å². The average molecular weight is 347 g/mol. The number of amides is 1. The third-order valence-corrected chi connectivity index (χ3v) is 4.35. The van der Waals surface area contributed by atoms with Gasteiger partial charge in [0.1, 0.15) is 0 Å². The summed E-state index contributed by atoms with van der Waals surface area (Å²) in [5.41, 5.74) is 6.14. The fourth-order valence-corrected chi connectivity index (χ4v) is 2.68. The standard InChI is InChI=1S/C12H13BrClN3O2/c13-8-6-7(3-4-9(8)14)12(18)17-5-1-2-10(17)11(15)16-19/h3-4,6,10,19H,1-2,5H2,(H2,15,16). The number of halogens is 2. The number of nitrogens with two attached hydrogens (primary N) is 1. The maximum atomic E-state index is 12.4. The molecule has 1 amide bonds. The quantitative estimate of drug-likeness (QED) is 0.374. The monoisotopic (exact) mass is 345 g/mol. The summed E-state index contributed by atoms with van der Waals surface area (Å²) in [4.78, 5) is 14.0. The van der Waals surface area contributed by atoms with Crippen LogP contribution in [0.4, 0.5) is 0 Å². The van der Waals surface area contributed by atoms with Crippen LogP contribution in [0.5, 0.6) is 0 Å². The molecule has 3 N–H and O–H groups in total. The number of carbonyl (C=O) groups excluding carboxylic acids is 1. The van der Waals surface area contributed by atoms with Crippen LogP contribution in [-0.4, -0.2) is 34.4 Å². The number of nitrogens with zero attached hydrogens (tertiary/aromatic N) is 2. The largest absolute Gasteiger partial charge is 0.409 e. The minimum Gasteiger partial charge on any atom is -0.409 e. The Kier molecular flexibility index (Phi) is 4.31. The predicted molar refractivity (Wildman–Crippen MR) is 76.6 cm³/mol. The van der Waals surface area contributed by atoms with Crippen LogP contribution < -0.4 is 5.73 Å². The summed E-state index contributed by atoms with van der Waals surface area (Å²) < 4.78 is 0.666. The summed E-state index contributed by atoms with van der Waals surface area (Å²) in [6.45, 7) is 0.597. The number of rotatable bonds is 2. The molecule has 1 saturated heterocycles. The zero-order valence-corrected chi connectivity index (χ0v) is 12.4. The second kappa shape index (κ2) is 5.79. The van der Waals surface area contributed by atoms with E-state index in [2.05, 4.69) is 21.1 Å². The Morgan fingerprint density at radius 2 is 2.32 bits per heavy atom. The highest BCUT2D eigenvalue weighted by atomic mass is 79.9. The van der Waals surface area contributed by atoms with Gasteiger partial charge in [-0.15, -0.1) is 0 Å². The predicted octanol–water partition coefficient (Wildman–Crippen LogP) is 2.45. The van der Waals surface area contributed by atoms with Crippen molar-refractivity contribution < 1.29 is 10.0 Å². The van der Waals surface area contributed by atoms with E-state index < -0.39 is 0 Å². The van der Waals surface area contributed by atoms with Gasteiger partial charge in [-0.3, -0.25) is 4.79 Å². The van der Waals surface area contributed by atoms with E-state index in [1.165, 1.54) is 0 Å². The average Bonchev–Trinajstić information content (AvgIpc) is 2.89. The van der Waals surface area contributed by atoms with Crippen LogP contribution in [0.1, 0.15) is 23.2 Å². The van der Waals surface area contributed by atoms with Crippen LogP contribution >= 0.6 is 27.5 Å². The van der Waals surface area contributed by atoms with E-state index in [9.17, 15) is 4.79 Å². The number of benzene rings is 1. The van der Waals surface area contributed by atoms with Gasteiger partial charge in [0.25, 0.3) is 5.91 Å². The third kappa shape index (κ3) is 2.84. The Labute approximate surface area is 124 Å². The lowest BCUT2D eigenvalue weighted by Gasteiger charge is -2.23. The van der Waals surface area contributed by atoms with Crippen molar-refractivity contribution in [1.82, 2.24) is 4.90 Å². The molecule has 19 heavy (non-hydrogen) atoms. The van der Waals surface area contributed by atoms with Gasteiger partial charge in [0.2, 0.25) is 0 Å². The van der Waals surface area contributed by atoms with E-state index in [1.807, 2.05) is 0 Å². The third-order valence-electron chi connectivity index (χ3n) is 3.14. The second-order valence-electron chi connectivity index (χ2n) is 4.31. The topological polar surface area (TPSA) is 78.9 Å². The maximum absolute atomic E-state index is 12.4. The molecule has 1 atom stereocenters. The van der Waals surface area contributed by atoms with Crippen LogP contribution in [0.15, 0.2) is 27.8 Å². The molecule has 1 fully saturated rings. The molecule has 0 saturated carbocycles. The molecule has 0 spiro atoms. The van der Waals surface area contributed by atoms with Gasteiger partial charge >= 0.3 is 0 Å². The molecule has 2 rings (SSSR count). The van der Waals surface area contributed by atoms with E-state index in [4.69, 9.17) is 22.5 Å². The Morgan fingerprint density at radius 3 is 2.95 bits per heavy atom. The zero-order valence-electron chi connectivity index (χ0n) is 10.0. The van der Waals surface area contributed by atoms with Crippen LogP contribution in [0, 0.1) is 0 Å². The molecule has 1 aliphatic heterocycles. The van der Waals surface area contributed by atoms with E-state index in [-0.39, 0.29) is 17.8 Å². The molecule has 1 unspecified atom stereocenters. The van der Waals surface area contributed by atoms with Crippen molar-refractivity contribution in [2.45, 2.75) is 18.9 Å². The number of hydrogen-bond donors (Lipinski definition) is 2. The van der Waals surface area contributed by atoms with Gasteiger partial charge in [0.05, 0.1) is 11.1 Å². The van der Waals surface area contributed by atoms with Crippen LogP contribution in [0.3, 0.4) is 0 Å². The minimum atomic E-state index is -0.341. The lowest BCUT2D eigenvalue weighted by molar-refractivity contribution is 0.0768. The van der Waals surface area contributed by atoms with Crippen LogP contribution in [0.2, 0.25) is 5.02 Å². The molecule has 1 aromatic rings. The zero-order chi connectivity index (χ0) is 14.0. The van der Waals surface area contributed by atoms with Crippen molar-refractivity contribution >= 4 is 39.3 Å². The smallest absolute Gasteiger partial charge is 0.254 e. The Bertz CT molecular complexity index is 536. The minimum absolute atomic E-state index is 0.0684. The number of amidine groups is 1. The van der Waals surface area contributed by atoms with Crippen LogP contribution in [0.25, 0.3) is 0 Å². The molecule has 1 aromatic carbocycles. The molecule has 0 aliphatic carbocycles. The molecule has 7 heteroatoms. The summed E-state index contributed by atoms with van der Waals surface area (Å²) in [7, 11) is 0. The normalized spacial score (nSPS) is 19.8. The van der Waals surface area contributed by atoms with Crippen molar-refractivity contribution in [3.05, 3.63) is 33.3 Å². The second-order valence-corrected chi connectivity index (χ2v) is 5.57. The van der Waals surface area contributed by atoms with Crippen molar-refractivity contribution in [3.63, 3.8) is 0 Å². The first-order chi connectivity index (χ1) is 9.04. The molecule has 1 aliphatic rings. The summed E-state index contributed by atoms with van der Waals surface area (Å²) in [6, 6.07) is 4.66. The molecular weight excluding hydrogens is 334 g/mol. The van der Waals surface area contributed by atoms with E-state index in [1.54, 1.807) is 23.1 Å². The Balaban J connectivity index is 2.25. The highest BCUT2D eigenvalue weighted by Crippen LogP contribution is 2.26. The number of oxime groups is 1. The lowest BCUT2D eigenvalue weighted by atomic mass is 10.1. The van der Waals surface area contributed by atoms with Crippen LogP contribution in [-0.2, 0) is 0 Å². The van der Waals surface area contributed by atoms with Crippen molar-refractivity contribution in [2.75, 3.05) is 6.54 Å². The highest BCUT2D eigenvalue weighted by Gasteiger charge is 2.32. The van der Waals surface area contributed by atoms with Gasteiger partial charge in [-0.1, -0.05) is 16.8 Å². The highest BCUT2D eigenvalue weighted by molar-refractivity contribution is 9.10. The SMILES string of the molecule is N/C(=N/O)C1CCCN1C(=O)c1ccc(Cl)c(Br)c1. The molecule has 0 aromatic heterocycles. The molecule has 1 heterocycles. The Hall–Kier alpha value is -1.27. The van der Waals surface area contributed by atoms with E-state index in [0.29, 0.717) is 28.0 Å². The van der Waals surface area contributed by atoms with Crippen molar-refractivity contribution in [1.29, 1.82) is 0 Å². The van der Waals surface area contributed by atoms with Gasteiger partial charge < -0.3 is 15.8 Å². The first-order valence-corrected chi connectivity index (χ1v) is 6.95. The lowest BCUT2D eigenvalue weighted by Crippen LogP contribution is -2.43. The van der Waals surface area contributed by atoms with E-state index >= 15 is 0 Å². The summed E-state index contributed by atoms with van der Waals surface area (Å²) in [5.74, 6) is -0.0784. The van der Waals surface area contributed by atoms with Crippen molar-refractivity contribution in [2.24, 2.45) is 10.9 Å². The van der Waals surface area contributed by atoms with Gasteiger partial charge in [0, 0.05) is 16.6 Å². The first kappa shape index (κ1) is 14.1. The maximum Gasteiger partial charge on any atom is 0.254 e. The van der Waals surface area contributed by atoms with Gasteiger partial charge in [-0.2, -0.15) is 0 Å². The summed E-state index contributed by atoms with van der Waals surface area (Å²) in [5, 5.41) is 12.3. The fourth-order valence-electron chi connectivity index (χ4n) is 2.18. The molecule has 0 bridgehead atoms. The van der Waals surface area contributed by atoms with Crippen molar-refractivity contribution in [3.8, 4) is 0 Å². The van der Waals surface area contributed by atoms with Gasteiger partial charge in [-0.25, -0.2) is 0 Å². The van der Waals surface area contributed by atoms with Gasteiger partial charge in [0.15, 0.2) is 5.84 Å². The molecule has 0 radical (unpaired) electrons. The summed E-state index contributed by atoms with van der Waals surface area (Å²) in [6.07, 6.45) is 1.54. The fraction of sp³-hybridized carbons (Fsp3) is 0.333. The molecule has 5 nitrogen and oxygen atoms in total. The number of likely N-dealkylation sites (tertiary alicyclic amines) is 1. The molecular formula is C12H13BrClN3O2. The number of hydrogen-bond acceptors (Lipinski definition) is 3.